The highest BCUT2D eigenvalue weighted by atomic mass is 35.5. The quantitative estimate of drug-likeness (QED) is 0.811. The number of halogens is 1. The number of likely N-dealkylation sites (tertiary alicyclic amines) is 1. The number of amides is 1. The number of methoxy groups -OCH3 is 1. The van der Waals surface area contributed by atoms with Crippen LogP contribution in [-0.4, -0.2) is 50.2 Å². The van der Waals surface area contributed by atoms with Gasteiger partial charge in [-0.2, -0.15) is 0 Å². The summed E-state index contributed by atoms with van der Waals surface area (Å²) in [6.07, 6.45) is 2.72. The molecule has 1 heterocycles. The average molecular weight is 251 g/mol. The Morgan fingerprint density at radius 3 is 2.81 bits per heavy atom. The predicted molar refractivity (Wildman–Crippen MR) is 67.0 cm³/mol. The first-order valence-corrected chi connectivity index (χ1v) is 5.71. The molecule has 0 aromatic carbocycles. The van der Waals surface area contributed by atoms with Crippen LogP contribution in [0.2, 0.25) is 0 Å². The van der Waals surface area contributed by atoms with E-state index in [-0.39, 0.29) is 24.4 Å². The maximum atomic E-state index is 12.0. The van der Waals surface area contributed by atoms with E-state index in [2.05, 4.69) is 5.32 Å². The molecule has 5 heteroatoms. The van der Waals surface area contributed by atoms with Gasteiger partial charge in [-0.25, -0.2) is 0 Å². The Hall–Kier alpha value is -0.320. The van der Waals surface area contributed by atoms with Crippen molar-refractivity contribution in [3.63, 3.8) is 0 Å². The third kappa shape index (κ3) is 3.92. The Morgan fingerprint density at radius 1 is 1.62 bits per heavy atom. The minimum atomic E-state index is -0.263. The van der Waals surface area contributed by atoms with E-state index < -0.39 is 0 Å². The van der Waals surface area contributed by atoms with Crippen molar-refractivity contribution in [1.82, 2.24) is 10.2 Å². The van der Waals surface area contributed by atoms with Gasteiger partial charge in [-0.15, -0.1) is 12.4 Å². The second kappa shape index (κ2) is 7.87. The summed E-state index contributed by atoms with van der Waals surface area (Å²) in [6.45, 7) is 3.66. The number of ether oxygens (including phenoxy) is 1. The van der Waals surface area contributed by atoms with Gasteiger partial charge in [0.25, 0.3) is 5.91 Å². The Morgan fingerprint density at radius 2 is 2.31 bits per heavy atom. The average Bonchev–Trinajstić information content (AvgIpc) is 2.30. The van der Waals surface area contributed by atoms with Gasteiger partial charge in [0.2, 0.25) is 0 Å². The lowest BCUT2D eigenvalue weighted by Gasteiger charge is -2.34. The normalized spacial score (nSPS) is 22.4. The molecule has 4 nitrogen and oxygen atoms in total. The summed E-state index contributed by atoms with van der Waals surface area (Å²) in [5.41, 5.74) is 0. The lowest BCUT2D eigenvalue weighted by Crippen LogP contribution is -2.50. The number of carbonyl (C=O) groups excluding carboxylic acids is 1. The first-order chi connectivity index (χ1) is 7.22. The van der Waals surface area contributed by atoms with Crippen molar-refractivity contribution in [3.8, 4) is 0 Å². The molecule has 0 saturated carbocycles. The fourth-order valence-corrected chi connectivity index (χ4v) is 2.06. The predicted octanol–water partition coefficient (Wildman–Crippen LogP) is 1.04. The van der Waals surface area contributed by atoms with E-state index in [9.17, 15) is 4.79 Å². The molecule has 0 aliphatic carbocycles. The van der Waals surface area contributed by atoms with Gasteiger partial charge in [-0.1, -0.05) is 6.92 Å². The maximum Gasteiger partial charge on any atom is 0.251 e. The smallest absolute Gasteiger partial charge is 0.251 e. The molecule has 1 aliphatic rings. The molecule has 1 N–H and O–H groups in total. The highest BCUT2D eigenvalue weighted by Gasteiger charge is 2.27. The number of piperidine rings is 1. The number of nitrogens with zero attached hydrogens (tertiary/aromatic N) is 1. The van der Waals surface area contributed by atoms with E-state index in [1.54, 1.807) is 7.11 Å². The van der Waals surface area contributed by atoms with Crippen LogP contribution in [0, 0.1) is 0 Å². The van der Waals surface area contributed by atoms with E-state index in [0.717, 1.165) is 32.4 Å². The summed E-state index contributed by atoms with van der Waals surface area (Å²) >= 11 is 0. The van der Waals surface area contributed by atoms with Crippen molar-refractivity contribution in [3.05, 3.63) is 0 Å². The molecule has 1 fully saturated rings. The standard InChI is InChI=1S/C11H22N2O2.ClH/c1-4-10(15-3)11(14)13-7-5-6-9(8-13)12-2;/h9-10,12H,4-8H2,1-3H3;1H. The fourth-order valence-electron chi connectivity index (χ4n) is 2.06. The zero-order chi connectivity index (χ0) is 11.3. The molecule has 1 amide bonds. The molecule has 1 aliphatic heterocycles. The zero-order valence-electron chi connectivity index (χ0n) is 10.4. The molecule has 1 rings (SSSR count). The van der Waals surface area contributed by atoms with E-state index in [1.807, 2.05) is 18.9 Å². The van der Waals surface area contributed by atoms with Gasteiger partial charge in [-0.3, -0.25) is 4.79 Å². The Kier molecular flexibility index (Phi) is 7.72. The third-order valence-corrected chi connectivity index (χ3v) is 3.07. The lowest BCUT2D eigenvalue weighted by atomic mass is 10.0. The number of hydrogen-bond acceptors (Lipinski definition) is 3. The molecule has 2 atom stereocenters. The van der Waals surface area contributed by atoms with E-state index in [1.165, 1.54) is 0 Å². The van der Waals surface area contributed by atoms with E-state index in [4.69, 9.17) is 4.74 Å². The summed E-state index contributed by atoms with van der Waals surface area (Å²) in [4.78, 5) is 13.9. The number of hydrogen-bond donors (Lipinski definition) is 1. The first kappa shape index (κ1) is 15.7. The number of rotatable bonds is 4. The monoisotopic (exact) mass is 250 g/mol. The topological polar surface area (TPSA) is 41.6 Å². The lowest BCUT2D eigenvalue weighted by molar-refractivity contribution is -0.143. The van der Waals surface area contributed by atoms with Gasteiger partial charge in [0, 0.05) is 26.2 Å². The maximum absolute atomic E-state index is 12.0. The van der Waals surface area contributed by atoms with Gasteiger partial charge in [0.1, 0.15) is 6.10 Å². The van der Waals surface area contributed by atoms with Crippen molar-refractivity contribution >= 4 is 18.3 Å². The van der Waals surface area contributed by atoms with Crippen LogP contribution >= 0.6 is 12.4 Å². The summed E-state index contributed by atoms with van der Waals surface area (Å²) in [5, 5.41) is 3.23. The molecule has 0 spiro atoms. The van der Waals surface area contributed by atoms with E-state index in [0.29, 0.717) is 6.04 Å². The van der Waals surface area contributed by atoms with Gasteiger partial charge in [-0.05, 0) is 26.3 Å². The van der Waals surface area contributed by atoms with Gasteiger partial charge in [0.05, 0.1) is 0 Å². The number of carbonyl (C=O) groups is 1. The molecule has 96 valence electrons. The van der Waals surface area contributed by atoms with Crippen LogP contribution in [-0.2, 0) is 9.53 Å². The van der Waals surface area contributed by atoms with E-state index >= 15 is 0 Å². The number of nitrogens with one attached hydrogen (secondary N) is 1. The summed E-state index contributed by atoms with van der Waals surface area (Å²) in [5.74, 6) is 0.139. The minimum absolute atomic E-state index is 0. The van der Waals surface area contributed by atoms with Crippen LogP contribution in [0.4, 0.5) is 0 Å². The third-order valence-electron chi connectivity index (χ3n) is 3.07. The second-order valence-electron chi connectivity index (χ2n) is 4.04. The minimum Gasteiger partial charge on any atom is -0.372 e. The molecule has 0 radical (unpaired) electrons. The highest BCUT2D eigenvalue weighted by molar-refractivity contribution is 5.85. The van der Waals surface area contributed by atoms with Gasteiger partial charge < -0.3 is 15.0 Å². The van der Waals surface area contributed by atoms with Crippen LogP contribution in [0.5, 0.6) is 0 Å². The summed E-state index contributed by atoms with van der Waals surface area (Å²) in [7, 11) is 3.55. The van der Waals surface area contributed by atoms with Crippen LogP contribution in [0.3, 0.4) is 0 Å². The SMILES string of the molecule is CCC(OC)C(=O)N1CCCC(NC)C1.Cl. The van der Waals surface area contributed by atoms with Crippen molar-refractivity contribution < 1.29 is 9.53 Å². The molecular weight excluding hydrogens is 228 g/mol. The van der Waals surface area contributed by atoms with Crippen LogP contribution in [0.15, 0.2) is 0 Å². The zero-order valence-corrected chi connectivity index (χ0v) is 11.2. The fraction of sp³-hybridized carbons (Fsp3) is 0.909. The largest absolute Gasteiger partial charge is 0.372 e. The van der Waals surface area contributed by atoms with Crippen molar-refractivity contribution in [2.24, 2.45) is 0 Å². The Labute approximate surface area is 104 Å². The summed E-state index contributed by atoms with van der Waals surface area (Å²) < 4.78 is 5.17. The molecule has 0 aromatic heterocycles. The molecule has 2 unspecified atom stereocenters. The van der Waals surface area contributed by atoms with Gasteiger partial charge in [0.15, 0.2) is 0 Å². The summed E-state index contributed by atoms with van der Waals surface area (Å²) in [6, 6.07) is 0.442. The number of likely N-dealkylation sites (N-methyl/N-ethyl adjacent to an activating group) is 1. The van der Waals surface area contributed by atoms with Crippen LogP contribution < -0.4 is 5.32 Å². The first-order valence-electron chi connectivity index (χ1n) is 5.71. The molecule has 0 aromatic rings. The highest BCUT2D eigenvalue weighted by Crippen LogP contribution is 2.12. The molecule has 16 heavy (non-hydrogen) atoms. The van der Waals surface area contributed by atoms with Crippen molar-refractivity contribution in [2.75, 3.05) is 27.2 Å². The van der Waals surface area contributed by atoms with Crippen LogP contribution in [0.25, 0.3) is 0 Å². The second-order valence-corrected chi connectivity index (χ2v) is 4.04. The van der Waals surface area contributed by atoms with Crippen molar-refractivity contribution in [2.45, 2.75) is 38.3 Å². The molecule has 0 bridgehead atoms. The Bertz CT molecular complexity index is 210. The van der Waals surface area contributed by atoms with Gasteiger partial charge >= 0.3 is 0 Å². The Balaban J connectivity index is 0.00000225. The molecular formula is C11H23ClN2O2. The van der Waals surface area contributed by atoms with Crippen LogP contribution in [0.1, 0.15) is 26.2 Å². The molecule has 1 saturated heterocycles. The van der Waals surface area contributed by atoms with Crippen molar-refractivity contribution in [1.29, 1.82) is 0 Å².